The first-order valence-electron chi connectivity index (χ1n) is 12.4. The molecule has 0 spiro atoms. The van der Waals surface area contributed by atoms with Crippen molar-refractivity contribution in [1.29, 1.82) is 5.26 Å². The Labute approximate surface area is 206 Å². The van der Waals surface area contributed by atoms with Crippen LogP contribution in [0, 0.1) is 17.2 Å². The Balaban J connectivity index is 1.40. The highest BCUT2D eigenvalue weighted by Crippen LogP contribution is 2.28. The maximum atomic E-state index is 13.4. The molecule has 1 aromatic heterocycles. The third-order valence-corrected chi connectivity index (χ3v) is 7.91. The molecule has 4 rings (SSSR count). The van der Waals surface area contributed by atoms with Crippen molar-refractivity contribution in [2.24, 2.45) is 5.92 Å². The second kappa shape index (κ2) is 11.6. The lowest BCUT2D eigenvalue weighted by Gasteiger charge is -2.30. The zero-order valence-electron chi connectivity index (χ0n) is 19.7. The Morgan fingerprint density at radius 1 is 1.15 bits per heavy atom. The quantitative estimate of drug-likeness (QED) is 0.570. The van der Waals surface area contributed by atoms with E-state index in [-0.39, 0.29) is 18.2 Å². The summed E-state index contributed by atoms with van der Waals surface area (Å²) in [6, 6.07) is 15.8. The lowest BCUT2D eigenvalue weighted by molar-refractivity contribution is -0.130. The first-order chi connectivity index (χ1) is 16.5. The van der Waals surface area contributed by atoms with Crippen LogP contribution in [0.2, 0.25) is 0 Å². The maximum Gasteiger partial charge on any atom is 0.243 e. The second-order valence-electron chi connectivity index (χ2n) is 9.75. The maximum absolute atomic E-state index is 13.4. The molecule has 1 saturated carbocycles. The highest BCUT2D eigenvalue weighted by molar-refractivity contribution is 7.10. The molecule has 7 heteroatoms. The summed E-state index contributed by atoms with van der Waals surface area (Å²) >= 11 is 1.54. The van der Waals surface area contributed by atoms with Gasteiger partial charge in [0.1, 0.15) is 11.6 Å². The summed E-state index contributed by atoms with van der Waals surface area (Å²) in [6.07, 6.45) is 7.29. The zero-order chi connectivity index (χ0) is 23.8. The van der Waals surface area contributed by atoms with Gasteiger partial charge in [-0.05, 0) is 35.8 Å². The van der Waals surface area contributed by atoms with Gasteiger partial charge in [-0.25, -0.2) is 0 Å². The van der Waals surface area contributed by atoms with E-state index in [1.807, 2.05) is 35.7 Å². The summed E-state index contributed by atoms with van der Waals surface area (Å²) in [6.45, 7) is 1.99. The standard InChI is InChI=1S/C27H34N4O2S/c28-19-27(13-14-31(20-27)18-22-10-5-2-6-11-22)30-26(33)24(16-21-8-3-1-4-9-21)29-25(32)17-23-12-7-15-34-23/h2,5-7,10-12,15,21,24H,1,3-4,8-9,13-14,16-18,20H2,(H,29,32)(H,30,33). The fraction of sp³-hybridized carbons (Fsp3) is 0.519. The van der Waals surface area contributed by atoms with Crippen molar-refractivity contribution in [1.82, 2.24) is 15.5 Å². The van der Waals surface area contributed by atoms with Crippen molar-refractivity contribution in [2.45, 2.75) is 69.5 Å². The van der Waals surface area contributed by atoms with E-state index in [9.17, 15) is 14.9 Å². The van der Waals surface area contributed by atoms with Gasteiger partial charge in [-0.1, -0.05) is 68.5 Å². The van der Waals surface area contributed by atoms with Crippen molar-refractivity contribution >= 4 is 23.2 Å². The van der Waals surface area contributed by atoms with Crippen LogP contribution in [0.25, 0.3) is 0 Å². The molecule has 1 saturated heterocycles. The third-order valence-electron chi connectivity index (χ3n) is 7.03. The molecule has 2 heterocycles. The molecule has 2 unspecified atom stereocenters. The van der Waals surface area contributed by atoms with Crippen molar-refractivity contribution in [3.8, 4) is 6.07 Å². The predicted molar refractivity (Wildman–Crippen MR) is 134 cm³/mol. The topological polar surface area (TPSA) is 85.2 Å². The lowest BCUT2D eigenvalue weighted by Crippen LogP contribution is -2.56. The highest BCUT2D eigenvalue weighted by Gasteiger charge is 2.41. The molecule has 2 atom stereocenters. The van der Waals surface area contributed by atoms with E-state index in [4.69, 9.17) is 0 Å². The molecule has 2 aliphatic rings. The number of benzene rings is 1. The van der Waals surface area contributed by atoms with Crippen molar-refractivity contribution < 1.29 is 9.59 Å². The first-order valence-corrected chi connectivity index (χ1v) is 13.2. The molecule has 6 nitrogen and oxygen atoms in total. The first kappa shape index (κ1) is 24.4. The molecule has 34 heavy (non-hydrogen) atoms. The van der Waals surface area contributed by atoms with Crippen LogP contribution in [0.1, 0.15) is 55.4 Å². The molecular formula is C27H34N4O2S. The second-order valence-corrected chi connectivity index (χ2v) is 10.8. The van der Waals surface area contributed by atoms with E-state index in [1.165, 1.54) is 24.8 Å². The summed E-state index contributed by atoms with van der Waals surface area (Å²) in [7, 11) is 0. The van der Waals surface area contributed by atoms with Gasteiger partial charge >= 0.3 is 0 Å². The van der Waals surface area contributed by atoms with Crippen LogP contribution in [0.15, 0.2) is 47.8 Å². The van der Waals surface area contributed by atoms with Gasteiger partial charge in [-0.3, -0.25) is 14.5 Å². The minimum absolute atomic E-state index is 0.137. The highest BCUT2D eigenvalue weighted by atomic mass is 32.1. The molecule has 0 bridgehead atoms. The number of thiophene rings is 1. The lowest BCUT2D eigenvalue weighted by atomic mass is 9.84. The molecule has 2 aromatic rings. The van der Waals surface area contributed by atoms with Crippen molar-refractivity contribution in [3.63, 3.8) is 0 Å². The van der Waals surface area contributed by atoms with Crippen LogP contribution < -0.4 is 10.6 Å². The molecule has 1 aliphatic heterocycles. The van der Waals surface area contributed by atoms with E-state index >= 15 is 0 Å². The van der Waals surface area contributed by atoms with Gasteiger partial charge in [0.25, 0.3) is 0 Å². The Hall–Kier alpha value is -2.69. The molecule has 2 N–H and O–H groups in total. The van der Waals surface area contributed by atoms with Crippen LogP contribution >= 0.6 is 11.3 Å². The van der Waals surface area contributed by atoms with Gasteiger partial charge in [0.15, 0.2) is 0 Å². The van der Waals surface area contributed by atoms with Gasteiger partial charge in [0.05, 0.1) is 12.5 Å². The van der Waals surface area contributed by atoms with Gasteiger partial charge in [0.2, 0.25) is 11.8 Å². The summed E-state index contributed by atoms with van der Waals surface area (Å²) in [5.74, 6) is 0.0671. The SMILES string of the molecule is N#CC1(NC(=O)C(CC2CCCCC2)NC(=O)Cc2cccs2)CCN(Cc2ccccc2)C1. The minimum Gasteiger partial charge on any atom is -0.344 e. The number of nitrogens with zero attached hydrogens (tertiary/aromatic N) is 2. The molecule has 1 aromatic carbocycles. The molecule has 180 valence electrons. The zero-order valence-corrected chi connectivity index (χ0v) is 20.5. The average molecular weight is 479 g/mol. The number of likely N-dealkylation sites (tertiary alicyclic amines) is 1. The minimum atomic E-state index is -0.921. The van der Waals surface area contributed by atoms with Crippen LogP contribution in [-0.2, 0) is 22.6 Å². The van der Waals surface area contributed by atoms with E-state index in [0.717, 1.165) is 30.8 Å². The number of hydrogen-bond acceptors (Lipinski definition) is 5. The van der Waals surface area contributed by atoms with Crippen molar-refractivity contribution in [2.75, 3.05) is 13.1 Å². The number of nitriles is 1. The Morgan fingerprint density at radius 3 is 2.65 bits per heavy atom. The molecule has 2 fully saturated rings. The molecular weight excluding hydrogens is 444 g/mol. The predicted octanol–water partition coefficient (Wildman–Crippen LogP) is 4.03. The fourth-order valence-corrected chi connectivity index (χ4v) is 5.92. The van der Waals surface area contributed by atoms with Gasteiger partial charge in [-0.15, -0.1) is 11.3 Å². The van der Waals surface area contributed by atoms with Crippen LogP contribution in [0.3, 0.4) is 0 Å². The van der Waals surface area contributed by atoms with Crippen molar-refractivity contribution in [3.05, 3.63) is 58.3 Å². The Morgan fingerprint density at radius 2 is 1.94 bits per heavy atom. The van der Waals surface area contributed by atoms with E-state index in [2.05, 4.69) is 33.7 Å². The largest absolute Gasteiger partial charge is 0.344 e. The van der Waals surface area contributed by atoms with Gasteiger partial charge in [-0.2, -0.15) is 5.26 Å². The number of amides is 2. The number of rotatable bonds is 9. The monoisotopic (exact) mass is 478 g/mol. The van der Waals surface area contributed by atoms with Gasteiger partial charge in [0, 0.05) is 24.5 Å². The van der Waals surface area contributed by atoms with Crippen LogP contribution in [0.4, 0.5) is 0 Å². The Kier molecular flexibility index (Phi) is 8.36. The summed E-state index contributed by atoms with van der Waals surface area (Å²) in [5, 5.41) is 18.0. The number of carbonyl (C=O) groups is 2. The van der Waals surface area contributed by atoms with E-state index in [1.54, 1.807) is 11.3 Å². The molecule has 1 aliphatic carbocycles. The summed E-state index contributed by atoms with van der Waals surface area (Å²) in [5.41, 5.74) is 0.272. The summed E-state index contributed by atoms with van der Waals surface area (Å²) in [4.78, 5) is 29.4. The smallest absolute Gasteiger partial charge is 0.243 e. The van der Waals surface area contributed by atoms with E-state index in [0.29, 0.717) is 25.3 Å². The number of nitrogens with one attached hydrogen (secondary N) is 2. The average Bonchev–Trinajstić information content (AvgIpc) is 3.50. The number of hydrogen-bond donors (Lipinski definition) is 2. The van der Waals surface area contributed by atoms with E-state index < -0.39 is 11.6 Å². The molecule has 0 radical (unpaired) electrons. The fourth-order valence-electron chi connectivity index (χ4n) is 5.21. The third kappa shape index (κ3) is 6.68. The van der Waals surface area contributed by atoms with Crippen LogP contribution in [-0.4, -0.2) is 41.4 Å². The number of carbonyl (C=O) groups excluding carboxylic acids is 2. The molecule has 2 amide bonds. The normalized spacial score (nSPS) is 22.1. The summed E-state index contributed by atoms with van der Waals surface area (Å²) < 4.78 is 0. The van der Waals surface area contributed by atoms with Gasteiger partial charge < -0.3 is 10.6 Å². The Bertz CT molecular complexity index is 982. The van der Waals surface area contributed by atoms with Crippen LogP contribution in [0.5, 0.6) is 0 Å².